The Labute approximate surface area is 107 Å². The highest BCUT2D eigenvalue weighted by molar-refractivity contribution is 5.66. The first-order valence-electron chi connectivity index (χ1n) is 6.38. The van der Waals surface area contributed by atoms with E-state index in [1.165, 1.54) is 5.56 Å². The molecule has 2 rings (SSSR count). The minimum atomic E-state index is -0.748. The van der Waals surface area contributed by atoms with E-state index in [0.29, 0.717) is 13.2 Å². The zero-order valence-corrected chi connectivity index (χ0v) is 10.7. The lowest BCUT2D eigenvalue weighted by molar-refractivity contribution is -0.137. The molecular weight excluding hydrogens is 230 g/mol. The van der Waals surface area contributed by atoms with Gasteiger partial charge in [-0.3, -0.25) is 9.69 Å². The van der Waals surface area contributed by atoms with Crippen molar-refractivity contribution >= 4 is 5.97 Å². The third-order valence-electron chi connectivity index (χ3n) is 3.23. The molecule has 1 aliphatic heterocycles. The van der Waals surface area contributed by atoms with Crippen LogP contribution in [0.1, 0.15) is 24.5 Å². The van der Waals surface area contributed by atoms with Crippen LogP contribution < -0.4 is 4.74 Å². The van der Waals surface area contributed by atoms with Gasteiger partial charge >= 0.3 is 5.97 Å². The highest BCUT2D eigenvalue weighted by Gasteiger charge is 2.16. The first-order chi connectivity index (χ1) is 8.69. The molecule has 0 amide bonds. The maximum atomic E-state index is 10.6. The van der Waals surface area contributed by atoms with Gasteiger partial charge in [0.15, 0.2) is 0 Å². The summed E-state index contributed by atoms with van der Waals surface area (Å²) in [5.74, 6) is 0.188. The van der Waals surface area contributed by atoms with Crippen molar-refractivity contribution in [2.45, 2.75) is 26.3 Å². The number of carbonyl (C=O) groups is 1. The zero-order chi connectivity index (χ0) is 13.0. The van der Waals surface area contributed by atoms with Crippen molar-refractivity contribution in [1.82, 2.24) is 4.90 Å². The van der Waals surface area contributed by atoms with Crippen LogP contribution in [0.5, 0.6) is 5.75 Å². The quantitative estimate of drug-likeness (QED) is 0.885. The molecule has 1 heterocycles. The summed E-state index contributed by atoms with van der Waals surface area (Å²) in [4.78, 5) is 12.8. The van der Waals surface area contributed by atoms with Crippen molar-refractivity contribution in [3.05, 3.63) is 29.3 Å². The number of aliphatic carboxylic acids is 1. The number of fused-ring (bicyclic) bond motifs is 1. The van der Waals surface area contributed by atoms with Crippen molar-refractivity contribution in [3.8, 4) is 5.75 Å². The Kier molecular flexibility index (Phi) is 4.20. The number of hydrogen-bond acceptors (Lipinski definition) is 3. The normalized spacial score (nSPS) is 15.6. The van der Waals surface area contributed by atoms with Gasteiger partial charge in [-0.25, -0.2) is 0 Å². The fraction of sp³-hybridized carbons (Fsp3) is 0.500. The number of rotatable bonds is 4. The van der Waals surface area contributed by atoms with Gasteiger partial charge in [-0.2, -0.15) is 0 Å². The predicted octanol–water partition coefficient (Wildman–Crippen LogP) is 1.92. The van der Waals surface area contributed by atoms with Gasteiger partial charge in [0.25, 0.3) is 0 Å². The van der Waals surface area contributed by atoms with E-state index in [1.807, 2.05) is 6.07 Å². The summed E-state index contributed by atoms with van der Waals surface area (Å²) in [6.07, 6.45) is 1.19. The average molecular weight is 249 g/mol. The minimum Gasteiger partial charge on any atom is -0.492 e. The number of aryl methyl sites for hydroxylation is 1. The first kappa shape index (κ1) is 12.9. The largest absolute Gasteiger partial charge is 0.492 e. The molecule has 0 bridgehead atoms. The van der Waals surface area contributed by atoms with Crippen LogP contribution in [0, 0.1) is 0 Å². The van der Waals surface area contributed by atoms with Gasteiger partial charge in [0.05, 0.1) is 6.42 Å². The summed E-state index contributed by atoms with van der Waals surface area (Å²) in [7, 11) is 0. The Hall–Kier alpha value is -1.55. The highest BCUT2D eigenvalue weighted by Crippen LogP contribution is 2.24. The molecule has 4 heteroatoms. The van der Waals surface area contributed by atoms with Gasteiger partial charge in [0.2, 0.25) is 0 Å². The number of hydrogen-bond donors (Lipinski definition) is 1. The molecule has 0 atom stereocenters. The topological polar surface area (TPSA) is 49.8 Å². The zero-order valence-electron chi connectivity index (χ0n) is 10.7. The highest BCUT2D eigenvalue weighted by atomic mass is 16.5. The summed E-state index contributed by atoms with van der Waals surface area (Å²) in [5, 5.41) is 8.73. The van der Waals surface area contributed by atoms with Gasteiger partial charge in [0.1, 0.15) is 12.4 Å². The van der Waals surface area contributed by atoms with Crippen LogP contribution in [-0.4, -0.2) is 35.7 Å². The second-order valence-corrected chi connectivity index (χ2v) is 4.56. The van der Waals surface area contributed by atoms with Gasteiger partial charge in [-0.05, 0) is 18.1 Å². The van der Waals surface area contributed by atoms with Gasteiger partial charge in [-0.15, -0.1) is 0 Å². The van der Waals surface area contributed by atoms with E-state index in [2.05, 4.69) is 24.0 Å². The van der Waals surface area contributed by atoms with E-state index >= 15 is 0 Å². The molecule has 18 heavy (non-hydrogen) atoms. The Morgan fingerprint density at radius 2 is 2.33 bits per heavy atom. The van der Waals surface area contributed by atoms with E-state index in [1.54, 1.807) is 0 Å². The Balaban J connectivity index is 2.09. The molecule has 1 aliphatic rings. The van der Waals surface area contributed by atoms with Crippen molar-refractivity contribution in [1.29, 1.82) is 0 Å². The maximum absolute atomic E-state index is 10.6. The SMILES string of the molecule is CCc1ccc2c(c1)CN(CCC(=O)O)CCO2. The number of benzene rings is 1. The molecule has 0 spiro atoms. The summed E-state index contributed by atoms with van der Waals surface area (Å²) in [6.45, 7) is 4.88. The monoisotopic (exact) mass is 249 g/mol. The molecule has 0 fully saturated rings. The molecule has 1 aromatic rings. The van der Waals surface area contributed by atoms with E-state index in [4.69, 9.17) is 9.84 Å². The molecule has 0 unspecified atom stereocenters. The molecule has 98 valence electrons. The number of nitrogens with zero attached hydrogens (tertiary/aromatic N) is 1. The van der Waals surface area contributed by atoms with Crippen LogP contribution >= 0.6 is 0 Å². The summed E-state index contributed by atoms with van der Waals surface area (Å²) < 4.78 is 5.70. The predicted molar refractivity (Wildman–Crippen MR) is 68.8 cm³/mol. The Bertz CT molecular complexity index is 431. The molecule has 0 saturated carbocycles. The van der Waals surface area contributed by atoms with Crippen LogP contribution in [0.4, 0.5) is 0 Å². The van der Waals surface area contributed by atoms with Gasteiger partial charge < -0.3 is 9.84 Å². The van der Waals surface area contributed by atoms with Crippen LogP contribution in [0.25, 0.3) is 0 Å². The second kappa shape index (κ2) is 5.87. The lowest BCUT2D eigenvalue weighted by Gasteiger charge is -2.18. The molecule has 0 saturated heterocycles. The van der Waals surface area contributed by atoms with Crippen LogP contribution in [-0.2, 0) is 17.8 Å². The Morgan fingerprint density at radius 1 is 1.50 bits per heavy atom. The smallest absolute Gasteiger partial charge is 0.304 e. The fourth-order valence-electron chi connectivity index (χ4n) is 2.17. The summed E-state index contributed by atoms with van der Waals surface area (Å²) >= 11 is 0. The third kappa shape index (κ3) is 3.23. The number of ether oxygens (including phenoxy) is 1. The number of carboxylic acid groups (broad SMARTS) is 1. The van der Waals surface area contributed by atoms with E-state index in [9.17, 15) is 4.79 Å². The molecule has 1 N–H and O–H groups in total. The third-order valence-corrected chi connectivity index (χ3v) is 3.23. The fourth-order valence-corrected chi connectivity index (χ4v) is 2.17. The molecule has 0 aliphatic carbocycles. The second-order valence-electron chi connectivity index (χ2n) is 4.56. The molecule has 0 aromatic heterocycles. The van der Waals surface area contributed by atoms with Crippen molar-refractivity contribution < 1.29 is 14.6 Å². The summed E-state index contributed by atoms with van der Waals surface area (Å²) in [5.41, 5.74) is 2.45. The molecule has 4 nitrogen and oxygen atoms in total. The molecular formula is C14H19NO3. The Morgan fingerprint density at radius 3 is 3.06 bits per heavy atom. The van der Waals surface area contributed by atoms with Crippen molar-refractivity contribution in [3.63, 3.8) is 0 Å². The first-order valence-corrected chi connectivity index (χ1v) is 6.38. The minimum absolute atomic E-state index is 0.183. The average Bonchev–Trinajstić information content (AvgIpc) is 2.56. The van der Waals surface area contributed by atoms with E-state index in [-0.39, 0.29) is 6.42 Å². The molecule has 1 aromatic carbocycles. The van der Waals surface area contributed by atoms with E-state index < -0.39 is 5.97 Å². The standard InChI is InChI=1S/C14H19NO3/c1-2-11-3-4-13-12(9-11)10-15(7-8-18-13)6-5-14(16)17/h3-4,9H,2,5-8,10H2,1H3,(H,16,17). The maximum Gasteiger partial charge on any atom is 0.304 e. The lowest BCUT2D eigenvalue weighted by atomic mass is 10.1. The summed E-state index contributed by atoms with van der Waals surface area (Å²) in [6, 6.07) is 6.27. The lowest BCUT2D eigenvalue weighted by Crippen LogP contribution is -2.28. The van der Waals surface area contributed by atoms with Crippen LogP contribution in [0.2, 0.25) is 0 Å². The van der Waals surface area contributed by atoms with Crippen LogP contribution in [0.3, 0.4) is 0 Å². The number of carboxylic acids is 1. The van der Waals surface area contributed by atoms with Crippen molar-refractivity contribution in [2.24, 2.45) is 0 Å². The van der Waals surface area contributed by atoms with Gasteiger partial charge in [0, 0.05) is 25.2 Å². The van der Waals surface area contributed by atoms with Crippen LogP contribution in [0.15, 0.2) is 18.2 Å². The van der Waals surface area contributed by atoms with E-state index in [0.717, 1.165) is 30.8 Å². The van der Waals surface area contributed by atoms with Crippen molar-refractivity contribution in [2.75, 3.05) is 19.7 Å². The molecule has 0 radical (unpaired) electrons. The van der Waals surface area contributed by atoms with Gasteiger partial charge in [-0.1, -0.05) is 19.1 Å².